The van der Waals surface area contributed by atoms with Crippen molar-refractivity contribution in [3.05, 3.63) is 0 Å². The van der Waals surface area contributed by atoms with Crippen LogP contribution in [0.3, 0.4) is 0 Å². The minimum atomic E-state index is -0.328. The second kappa shape index (κ2) is 9.29. The van der Waals surface area contributed by atoms with Crippen molar-refractivity contribution in [3.63, 3.8) is 0 Å². The molecule has 134 valence electrons. The average Bonchev–Trinajstić information content (AvgIpc) is 2.53. The molecule has 2 amide bonds. The van der Waals surface area contributed by atoms with Gasteiger partial charge in [0.05, 0.1) is 0 Å². The van der Waals surface area contributed by atoms with Gasteiger partial charge in [0.25, 0.3) is 0 Å². The molecule has 1 fully saturated rings. The zero-order chi connectivity index (χ0) is 17.5. The number of likely N-dealkylation sites (tertiary alicyclic amines) is 1. The fraction of sp³-hybridized carbons (Fsp3) is 0.895. The van der Waals surface area contributed by atoms with Crippen molar-refractivity contribution in [1.82, 2.24) is 9.80 Å². The molecule has 1 rings (SSSR count). The highest BCUT2D eigenvalue weighted by atomic mass is 16.2. The summed E-state index contributed by atoms with van der Waals surface area (Å²) in [7, 11) is 0. The zero-order valence-corrected chi connectivity index (χ0v) is 15.9. The van der Waals surface area contributed by atoms with Crippen LogP contribution in [-0.4, -0.2) is 47.8 Å². The van der Waals surface area contributed by atoms with Crippen molar-refractivity contribution in [1.29, 1.82) is 0 Å². The van der Waals surface area contributed by atoms with E-state index in [-0.39, 0.29) is 17.2 Å². The van der Waals surface area contributed by atoms with Crippen molar-refractivity contribution in [2.45, 2.75) is 73.1 Å². The van der Waals surface area contributed by atoms with Crippen LogP contribution in [0, 0.1) is 11.3 Å². The predicted molar refractivity (Wildman–Crippen MR) is 95.2 cm³/mol. The van der Waals surface area contributed by atoms with E-state index in [1.807, 2.05) is 25.7 Å². The monoisotopic (exact) mass is 324 g/mol. The van der Waals surface area contributed by atoms with Crippen LogP contribution >= 0.6 is 0 Å². The Morgan fingerprint density at radius 1 is 1.00 bits per heavy atom. The van der Waals surface area contributed by atoms with Gasteiger partial charge in [-0.25, -0.2) is 0 Å². The van der Waals surface area contributed by atoms with E-state index in [0.29, 0.717) is 5.91 Å². The molecule has 0 bridgehead atoms. The van der Waals surface area contributed by atoms with E-state index in [4.69, 9.17) is 0 Å². The van der Waals surface area contributed by atoms with Crippen LogP contribution in [0.15, 0.2) is 0 Å². The SMILES string of the molecule is CCCCN(CCCC)C(=O)C1CCN(C(=O)C(C)(C)C)CC1. The van der Waals surface area contributed by atoms with Crippen molar-refractivity contribution in [2.24, 2.45) is 11.3 Å². The number of rotatable bonds is 7. The molecule has 0 aliphatic carbocycles. The molecule has 1 saturated heterocycles. The van der Waals surface area contributed by atoms with Crippen LogP contribution in [-0.2, 0) is 9.59 Å². The number of nitrogens with zero attached hydrogens (tertiary/aromatic N) is 2. The second-order valence-corrected chi connectivity index (χ2v) is 7.85. The summed E-state index contributed by atoms with van der Waals surface area (Å²) >= 11 is 0. The van der Waals surface area contributed by atoms with Crippen LogP contribution in [0.1, 0.15) is 73.1 Å². The summed E-state index contributed by atoms with van der Waals surface area (Å²) in [5.74, 6) is 0.625. The maximum Gasteiger partial charge on any atom is 0.227 e. The molecule has 0 aromatic rings. The number of carbonyl (C=O) groups is 2. The first-order valence-corrected chi connectivity index (χ1v) is 9.39. The van der Waals surface area contributed by atoms with E-state index in [2.05, 4.69) is 18.7 Å². The normalized spacial score (nSPS) is 16.5. The molecule has 1 aliphatic heterocycles. The van der Waals surface area contributed by atoms with Gasteiger partial charge in [-0.15, -0.1) is 0 Å². The Hall–Kier alpha value is -1.06. The first-order valence-electron chi connectivity index (χ1n) is 9.39. The van der Waals surface area contributed by atoms with Gasteiger partial charge in [0, 0.05) is 37.5 Å². The highest BCUT2D eigenvalue weighted by Gasteiger charge is 2.33. The molecule has 0 N–H and O–H groups in total. The second-order valence-electron chi connectivity index (χ2n) is 7.85. The van der Waals surface area contributed by atoms with Gasteiger partial charge in [-0.1, -0.05) is 47.5 Å². The lowest BCUT2D eigenvalue weighted by Crippen LogP contribution is -2.47. The van der Waals surface area contributed by atoms with Crippen LogP contribution in [0.4, 0.5) is 0 Å². The summed E-state index contributed by atoms with van der Waals surface area (Å²) in [5, 5.41) is 0. The Morgan fingerprint density at radius 2 is 1.48 bits per heavy atom. The van der Waals surface area contributed by atoms with Crippen molar-refractivity contribution in [2.75, 3.05) is 26.2 Å². The Labute approximate surface area is 142 Å². The quantitative estimate of drug-likeness (QED) is 0.716. The maximum absolute atomic E-state index is 12.8. The van der Waals surface area contributed by atoms with E-state index >= 15 is 0 Å². The summed E-state index contributed by atoms with van der Waals surface area (Å²) in [5.41, 5.74) is -0.328. The Morgan fingerprint density at radius 3 is 1.87 bits per heavy atom. The maximum atomic E-state index is 12.8. The molecule has 0 spiro atoms. The zero-order valence-electron chi connectivity index (χ0n) is 15.9. The van der Waals surface area contributed by atoms with Gasteiger partial charge in [-0.05, 0) is 25.7 Å². The van der Waals surface area contributed by atoms with E-state index in [9.17, 15) is 9.59 Å². The van der Waals surface area contributed by atoms with Gasteiger partial charge >= 0.3 is 0 Å². The van der Waals surface area contributed by atoms with E-state index in [1.54, 1.807) is 0 Å². The van der Waals surface area contributed by atoms with Crippen molar-refractivity contribution in [3.8, 4) is 0 Å². The predicted octanol–water partition coefficient (Wildman–Crippen LogP) is 3.70. The molecule has 4 nitrogen and oxygen atoms in total. The molecule has 1 heterocycles. The highest BCUT2D eigenvalue weighted by Crippen LogP contribution is 2.25. The standard InChI is InChI=1S/C19H36N2O2/c1-6-8-12-20(13-9-7-2)17(22)16-10-14-21(15-11-16)18(23)19(3,4)5/h16H,6-15H2,1-5H3. The average molecular weight is 325 g/mol. The highest BCUT2D eigenvalue weighted by molar-refractivity contribution is 5.82. The fourth-order valence-electron chi connectivity index (χ4n) is 3.09. The summed E-state index contributed by atoms with van der Waals surface area (Å²) in [6.07, 6.45) is 6.03. The molecule has 0 unspecified atom stereocenters. The van der Waals surface area contributed by atoms with Crippen LogP contribution in [0.5, 0.6) is 0 Å². The number of carbonyl (C=O) groups excluding carboxylic acids is 2. The molecule has 23 heavy (non-hydrogen) atoms. The third kappa shape index (κ3) is 6.15. The number of amides is 2. The summed E-state index contributed by atoms with van der Waals surface area (Å²) in [4.78, 5) is 29.2. The van der Waals surface area contributed by atoms with E-state index in [0.717, 1.165) is 64.7 Å². The number of hydrogen-bond acceptors (Lipinski definition) is 2. The van der Waals surface area contributed by atoms with Crippen LogP contribution in [0.2, 0.25) is 0 Å². The molecule has 4 heteroatoms. The third-order valence-corrected chi connectivity index (χ3v) is 4.65. The van der Waals surface area contributed by atoms with Gasteiger partial charge in [0.15, 0.2) is 0 Å². The first-order chi connectivity index (χ1) is 10.8. The molecule has 0 aromatic heterocycles. The molecule has 0 saturated carbocycles. The molecule has 0 aromatic carbocycles. The molecular weight excluding hydrogens is 288 g/mol. The molecular formula is C19H36N2O2. The minimum absolute atomic E-state index is 0.104. The Balaban J connectivity index is 2.56. The summed E-state index contributed by atoms with van der Waals surface area (Å²) in [6, 6.07) is 0. The van der Waals surface area contributed by atoms with E-state index in [1.165, 1.54) is 0 Å². The summed E-state index contributed by atoms with van der Waals surface area (Å²) in [6.45, 7) is 13.4. The third-order valence-electron chi connectivity index (χ3n) is 4.65. The van der Waals surface area contributed by atoms with Crippen LogP contribution in [0.25, 0.3) is 0 Å². The fourth-order valence-corrected chi connectivity index (χ4v) is 3.09. The number of hydrogen-bond donors (Lipinski definition) is 0. The Kier molecular flexibility index (Phi) is 8.07. The smallest absolute Gasteiger partial charge is 0.227 e. The van der Waals surface area contributed by atoms with Gasteiger partial charge in [-0.2, -0.15) is 0 Å². The van der Waals surface area contributed by atoms with Crippen LogP contribution < -0.4 is 0 Å². The molecule has 0 atom stereocenters. The molecule has 1 aliphatic rings. The van der Waals surface area contributed by atoms with Gasteiger partial charge in [-0.3, -0.25) is 9.59 Å². The number of unbranched alkanes of at least 4 members (excludes halogenated alkanes) is 2. The largest absolute Gasteiger partial charge is 0.342 e. The molecule has 0 radical (unpaired) electrons. The van der Waals surface area contributed by atoms with Gasteiger partial charge in [0.1, 0.15) is 0 Å². The number of piperidine rings is 1. The minimum Gasteiger partial charge on any atom is -0.342 e. The van der Waals surface area contributed by atoms with Gasteiger partial charge in [0.2, 0.25) is 11.8 Å². The first kappa shape index (κ1) is 20.0. The van der Waals surface area contributed by atoms with Crippen molar-refractivity contribution < 1.29 is 9.59 Å². The topological polar surface area (TPSA) is 40.6 Å². The van der Waals surface area contributed by atoms with E-state index < -0.39 is 0 Å². The lowest BCUT2D eigenvalue weighted by Gasteiger charge is -2.37. The Bertz CT molecular complexity index is 371. The lowest BCUT2D eigenvalue weighted by atomic mass is 9.90. The summed E-state index contributed by atoms with van der Waals surface area (Å²) < 4.78 is 0. The lowest BCUT2D eigenvalue weighted by molar-refractivity contribution is -0.145. The van der Waals surface area contributed by atoms with Gasteiger partial charge < -0.3 is 9.80 Å². The van der Waals surface area contributed by atoms with Crippen molar-refractivity contribution >= 4 is 11.8 Å².